The van der Waals surface area contributed by atoms with E-state index in [0.717, 1.165) is 0 Å². The first-order chi connectivity index (χ1) is 18.2. The quantitative estimate of drug-likeness (QED) is 0.112. The predicted molar refractivity (Wildman–Crippen MR) is 150 cm³/mol. The zero-order valence-corrected chi connectivity index (χ0v) is 24.7. The van der Waals surface area contributed by atoms with Crippen molar-refractivity contribution in [1.82, 2.24) is 0 Å². The molecule has 0 aliphatic carbocycles. The molecule has 8 nitrogen and oxygen atoms in total. The summed E-state index contributed by atoms with van der Waals surface area (Å²) >= 11 is 25.9. The molecule has 2 aromatic rings. The smallest absolute Gasteiger partial charge is 0.338 e. The van der Waals surface area contributed by atoms with Crippen LogP contribution >= 0.6 is 46.4 Å². The molecule has 2 atom stereocenters. The zero-order chi connectivity index (χ0) is 29.6. The Morgan fingerprint density at radius 2 is 1.08 bits per heavy atom. The second-order valence-corrected chi connectivity index (χ2v) is 10.0. The van der Waals surface area contributed by atoms with E-state index in [9.17, 15) is 19.8 Å². The second-order valence-electron chi connectivity index (χ2n) is 8.46. The zero-order valence-electron chi connectivity index (χ0n) is 21.7. The minimum atomic E-state index is -1.26. The van der Waals surface area contributed by atoms with E-state index in [1.165, 1.54) is 26.0 Å². The van der Waals surface area contributed by atoms with Crippen molar-refractivity contribution in [1.29, 1.82) is 0 Å². The highest BCUT2D eigenvalue weighted by atomic mass is 35.5. The minimum Gasteiger partial charge on any atom is -0.463 e. The summed E-state index contributed by atoms with van der Waals surface area (Å²) in [7, 11) is 0. The molecule has 0 bridgehead atoms. The number of aliphatic hydroxyl groups is 2. The number of halogens is 4. The molecular weight excluding hydrogens is 594 g/mol. The van der Waals surface area contributed by atoms with Gasteiger partial charge < -0.3 is 29.2 Å². The number of ether oxygens (including phenoxy) is 4. The molecule has 0 saturated carbocycles. The van der Waals surface area contributed by atoms with Crippen LogP contribution in [0.15, 0.2) is 36.4 Å². The van der Waals surface area contributed by atoms with Crippen molar-refractivity contribution in [2.45, 2.75) is 59.5 Å². The maximum Gasteiger partial charge on any atom is 0.338 e. The summed E-state index contributed by atoms with van der Waals surface area (Å²) in [5.74, 6) is -1.99. The van der Waals surface area contributed by atoms with Crippen molar-refractivity contribution >= 4 is 58.3 Å². The highest BCUT2D eigenvalue weighted by molar-refractivity contribution is 6.39. The van der Waals surface area contributed by atoms with Crippen molar-refractivity contribution in [2.24, 2.45) is 0 Å². The second kappa shape index (κ2) is 14.3. The van der Waals surface area contributed by atoms with Gasteiger partial charge in [0, 0.05) is 41.5 Å². The first kappa shape index (κ1) is 32.8. The van der Waals surface area contributed by atoms with Crippen LogP contribution in [0, 0.1) is 0 Å². The van der Waals surface area contributed by atoms with Gasteiger partial charge in [0.05, 0.1) is 10.0 Å². The van der Waals surface area contributed by atoms with Gasteiger partial charge in [0.15, 0.2) is 24.1 Å². The van der Waals surface area contributed by atoms with Gasteiger partial charge in [-0.1, -0.05) is 73.4 Å². The lowest BCUT2D eigenvalue weighted by molar-refractivity contribution is -0.130. The molecule has 0 aliphatic rings. The maximum atomic E-state index is 12.1. The van der Waals surface area contributed by atoms with Gasteiger partial charge in [0.25, 0.3) is 0 Å². The summed E-state index contributed by atoms with van der Waals surface area (Å²) < 4.78 is 21.9. The van der Waals surface area contributed by atoms with Gasteiger partial charge in [-0.05, 0) is 26.0 Å². The number of rotatable bonds is 12. The van der Waals surface area contributed by atoms with Gasteiger partial charge in [-0.25, -0.2) is 9.59 Å². The highest BCUT2D eigenvalue weighted by Crippen LogP contribution is 2.47. The molecule has 0 saturated heterocycles. The summed E-state index contributed by atoms with van der Waals surface area (Å²) in [5, 5.41) is 20.0. The molecule has 2 aromatic carbocycles. The maximum absolute atomic E-state index is 12.1. The molecule has 0 aliphatic heterocycles. The fourth-order valence-electron chi connectivity index (χ4n) is 2.97. The normalized spacial score (nSPS) is 12.4. The molecule has 212 valence electrons. The minimum absolute atomic E-state index is 0.0352. The lowest BCUT2D eigenvalue weighted by atomic mass is 10.0. The molecule has 0 fully saturated rings. The number of esters is 2. The van der Waals surface area contributed by atoms with E-state index in [4.69, 9.17) is 65.4 Å². The fraction of sp³-hybridized carbons (Fsp3) is 0.333. The van der Waals surface area contributed by atoms with Crippen LogP contribution in [0.2, 0.25) is 20.1 Å². The van der Waals surface area contributed by atoms with E-state index in [2.05, 4.69) is 13.2 Å². The predicted octanol–water partition coefficient (Wildman–Crippen LogP) is 7.07. The number of benzene rings is 2. The molecule has 2 unspecified atom stereocenters. The Bertz CT molecular complexity index is 1190. The van der Waals surface area contributed by atoms with Crippen LogP contribution in [0.25, 0.3) is 0 Å². The fourth-order valence-corrected chi connectivity index (χ4v) is 4.21. The molecule has 0 spiro atoms. The Labute approximate surface area is 246 Å². The molecule has 0 heterocycles. The molecule has 12 heteroatoms. The Hall–Kier alpha value is -2.46. The Morgan fingerprint density at radius 1 is 0.744 bits per heavy atom. The Morgan fingerprint density at radius 3 is 1.36 bits per heavy atom. The molecule has 39 heavy (non-hydrogen) atoms. The summed E-state index contributed by atoms with van der Waals surface area (Å²) in [6.07, 6.45) is -2.17. The van der Waals surface area contributed by atoms with E-state index < -0.39 is 24.5 Å². The molecule has 2 N–H and O–H groups in total. The van der Waals surface area contributed by atoms with E-state index in [1.807, 2.05) is 0 Å². The van der Waals surface area contributed by atoms with Crippen molar-refractivity contribution in [3.63, 3.8) is 0 Å². The molecule has 0 amide bonds. The number of aliphatic hydroxyl groups excluding tert-OH is 2. The van der Waals surface area contributed by atoms with Crippen LogP contribution in [0.4, 0.5) is 0 Å². The number of carbonyl (C=O) groups excluding carboxylic acids is 2. The highest BCUT2D eigenvalue weighted by Gasteiger charge is 2.27. The molecular formula is C27H28Cl4O8. The third-order valence-corrected chi connectivity index (χ3v) is 6.34. The van der Waals surface area contributed by atoms with Crippen LogP contribution in [-0.2, 0) is 16.0 Å². The van der Waals surface area contributed by atoms with Gasteiger partial charge in [-0.15, -0.1) is 0 Å². The van der Waals surface area contributed by atoms with Crippen molar-refractivity contribution < 1.29 is 38.7 Å². The first-order valence-electron chi connectivity index (χ1n) is 11.7. The van der Waals surface area contributed by atoms with Crippen molar-refractivity contribution in [3.8, 4) is 23.0 Å². The molecule has 0 radical (unpaired) electrons. The lowest BCUT2D eigenvalue weighted by Gasteiger charge is -2.22. The number of carbonyl (C=O) groups is 2. The number of hydrogen-bond acceptors (Lipinski definition) is 8. The monoisotopic (exact) mass is 620 g/mol. The van der Waals surface area contributed by atoms with Crippen LogP contribution in [0.1, 0.15) is 51.7 Å². The van der Waals surface area contributed by atoms with E-state index in [-0.39, 0.29) is 73.5 Å². The van der Waals surface area contributed by atoms with Gasteiger partial charge in [0.2, 0.25) is 0 Å². The van der Waals surface area contributed by atoms with Gasteiger partial charge in [-0.2, -0.15) is 0 Å². The molecule has 0 aromatic heterocycles. The van der Waals surface area contributed by atoms with Crippen LogP contribution in [0.3, 0.4) is 0 Å². The van der Waals surface area contributed by atoms with E-state index >= 15 is 0 Å². The number of hydrogen-bond donors (Lipinski definition) is 2. The summed E-state index contributed by atoms with van der Waals surface area (Å²) in [4.78, 5) is 24.3. The van der Waals surface area contributed by atoms with Crippen LogP contribution < -0.4 is 18.9 Å². The Balaban J connectivity index is 2.73. The topological polar surface area (TPSA) is 112 Å². The first-order valence-corrected chi connectivity index (χ1v) is 13.2. The third-order valence-electron chi connectivity index (χ3n) is 5.09. The lowest BCUT2D eigenvalue weighted by Crippen LogP contribution is -2.17. The molecule has 2 rings (SSSR count). The van der Waals surface area contributed by atoms with Crippen LogP contribution in [-0.4, -0.2) is 34.7 Å². The van der Waals surface area contributed by atoms with Crippen molar-refractivity contribution in [2.75, 3.05) is 0 Å². The van der Waals surface area contributed by atoms with Gasteiger partial charge >= 0.3 is 11.9 Å². The van der Waals surface area contributed by atoms with Crippen LogP contribution in [0.5, 0.6) is 23.0 Å². The van der Waals surface area contributed by atoms with E-state index in [0.29, 0.717) is 11.1 Å². The average molecular weight is 622 g/mol. The largest absolute Gasteiger partial charge is 0.463 e. The standard InChI is InChI=1S/C27H28Cl4O8/c1-7-18(32)36-22-14(10-16(28)24(20(22)30)38-26(34)12(3)4)9-15-11-17(29)25(39-27(35)13(5)6)21(31)23(15)37-19(33)8-2/h10-11,18-19,32-33H,3,5,7-9H2,1-2,4,6H3. The summed E-state index contributed by atoms with van der Waals surface area (Å²) in [5.41, 5.74) is 0.857. The van der Waals surface area contributed by atoms with Gasteiger partial charge in [-0.3, -0.25) is 0 Å². The summed E-state index contributed by atoms with van der Waals surface area (Å²) in [6.45, 7) is 13.3. The average Bonchev–Trinajstić information content (AvgIpc) is 2.87. The Kier molecular flexibility index (Phi) is 12.0. The summed E-state index contributed by atoms with van der Waals surface area (Å²) in [6, 6.07) is 2.84. The SMILES string of the molecule is C=C(C)C(=O)Oc1c(Cl)cc(Cc2cc(Cl)c(OC(=O)C(=C)C)c(Cl)c2OC(O)CC)c(OC(O)CC)c1Cl. The van der Waals surface area contributed by atoms with Gasteiger partial charge in [0.1, 0.15) is 21.5 Å². The van der Waals surface area contributed by atoms with Crippen molar-refractivity contribution in [3.05, 3.63) is 67.7 Å². The van der Waals surface area contributed by atoms with E-state index in [1.54, 1.807) is 13.8 Å². The third kappa shape index (κ3) is 8.27.